The van der Waals surface area contributed by atoms with Crippen LogP contribution < -0.4 is 9.62 Å². The molecule has 0 radical (unpaired) electrons. The molecule has 4 rings (SSSR count). The van der Waals surface area contributed by atoms with E-state index in [1.165, 1.54) is 18.2 Å². The summed E-state index contributed by atoms with van der Waals surface area (Å²) in [5.41, 5.74) is 0.795. The fraction of sp³-hybridized carbons (Fsp3) is 0.261. The highest BCUT2D eigenvalue weighted by Crippen LogP contribution is 2.17. The lowest BCUT2D eigenvalue weighted by atomic mass is 10.1. The molecule has 33 heavy (non-hydrogen) atoms. The summed E-state index contributed by atoms with van der Waals surface area (Å²) in [7, 11) is -4.25. The fourth-order valence-corrected chi connectivity index (χ4v) is 5.01. The minimum absolute atomic E-state index is 0.148. The molecule has 1 aromatic heterocycles. The van der Waals surface area contributed by atoms with E-state index in [1.807, 2.05) is 35.2 Å². The van der Waals surface area contributed by atoms with Crippen LogP contribution in [0.5, 0.6) is 0 Å². The van der Waals surface area contributed by atoms with Crippen molar-refractivity contribution >= 4 is 21.9 Å². The van der Waals surface area contributed by atoms with Crippen molar-refractivity contribution < 1.29 is 17.6 Å². The molecule has 1 fully saturated rings. The van der Waals surface area contributed by atoms with Crippen molar-refractivity contribution in [1.29, 1.82) is 0 Å². The van der Waals surface area contributed by atoms with Crippen molar-refractivity contribution in [1.82, 2.24) is 19.6 Å². The van der Waals surface area contributed by atoms with Crippen molar-refractivity contribution in [2.45, 2.75) is 17.4 Å². The number of nitrogens with zero attached hydrogens (tertiary/aromatic N) is 4. The first-order valence-corrected chi connectivity index (χ1v) is 12.0. The van der Waals surface area contributed by atoms with Gasteiger partial charge >= 0.3 is 0 Å². The maximum atomic E-state index is 14.2. The van der Waals surface area contributed by atoms with Gasteiger partial charge in [-0.2, -0.15) is 4.72 Å². The molecule has 0 saturated carbocycles. The van der Waals surface area contributed by atoms with Crippen LogP contribution in [-0.2, 0) is 21.2 Å². The third-order valence-electron chi connectivity index (χ3n) is 5.43. The Labute approximate surface area is 192 Å². The Bertz CT molecular complexity index is 1190. The first kappa shape index (κ1) is 22.8. The van der Waals surface area contributed by atoms with Gasteiger partial charge in [-0.05, 0) is 30.2 Å². The number of anilines is 1. The van der Waals surface area contributed by atoms with Gasteiger partial charge < -0.3 is 9.80 Å². The van der Waals surface area contributed by atoms with E-state index in [4.69, 9.17) is 0 Å². The normalized spacial score (nSPS) is 15.3. The molecular weight excluding hydrogens is 445 g/mol. The second kappa shape index (κ2) is 10.1. The second-order valence-electron chi connectivity index (χ2n) is 7.66. The Morgan fingerprint density at radius 3 is 2.24 bits per heavy atom. The van der Waals surface area contributed by atoms with E-state index in [-0.39, 0.29) is 12.3 Å². The third kappa shape index (κ3) is 5.52. The van der Waals surface area contributed by atoms with Crippen molar-refractivity contribution in [3.8, 4) is 0 Å². The molecule has 0 aliphatic carbocycles. The van der Waals surface area contributed by atoms with Crippen LogP contribution in [0, 0.1) is 5.82 Å². The number of hydrogen-bond donors (Lipinski definition) is 1. The molecule has 2 aromatic carbocycles. The van der Waals surface area contributed by atoms with Gasteiger partial charge in [0.15, 0.2) is 0 Å². The Morgan fingerprint density at radius 2 is 1.58 bits per heavy atom. The van der Waals surface area contributed by atoms with Gasteiger partial charge in [0.25, 0.3) is 0 Å². The van der Waals surface area contributed by atoms with E-state index in [2.05, 4.69) is 14.7 Å². The lowest BCUT2D eigenvalue weighted by Crippen LogP contribution is -2.55. The van der Waals surface area contributed by atoms with Crippen molar-refractivity contribution in [2.24, 2.45) is 0 Å². The van der Waals surface area contributed by atoms with Crippen LogP contribution in [0.4, 0.5) is 10.3 Å². The smallest absolute Gasteiger partial charge is 0.244 e. The molecule has 0 bridgehead atoms. The molecule has 0 spiro atoms. The zero-order chi connectivity index (χ0) is 23.3. The summed E-state index contributed by atoms with van der Waals surface area (Å²) in [5, 5.41) is 0. The number of carbonyl (C=O) groups is 1. The Balaban J connectivity index is 1.52. The number of benzene rings is 2. The number of rotatable bonds is 7. The van der Waals surface area contributed by atoms with Crippen LogP contribution >= 0.6 is 0 Å². The van der Waals surface area contributed by atoms with Gasteiger partial charge in [-0.25, -0.2) is 22.8 Å². The predicted octanol–water partition coefficient (Wildman–Crippen LogP) is 1.85. The molecule has 1 amide bonds. The lowest BCUT2D eigenvalue weighted by molar-refractivity contribution is -0.133. The molecule has 1 atom stereocenters. The summed E-state index contributed by atoms with van der Waals surface area (Å²) in [6, 6.07) is 14.9. The highest BCUT2D eigenvalue weighted by molar-refractivity contribution is 7.89. The number of halogens is 1. The number of nitrogens with one attached hydrogen (secondary N) is 1. The van der Waals surface area contributed by atoms with E-state index < -0.39 is 26.8 Å². The van der Waals surface area contributed by atoms with E-state index in [0.717, 1.165) is 11.6 Å². The van der Waals surface area contributed by atoms with E-state index in [0.29, 0.717) is 32.1 Å². The standard InChI is InChI=1S/C23H24FN5O3S/c24-19-9-4-5-10-21(19)33(31,32)27-20(17-18-7-2-1-3-8-18)22(30)28-13-15-29(16-14-28)23-25-11-6-12-26-23/h1-12,20,27H,13-17H2/t20-/m0/s1. The van der Waals surface area contributed by atoms with Gasteiger partial charge in [-0.15, -0.1) is 0 Å². The van der Waals surface area contributed by atoms with Gasteiger partial charge in [-0.3, -0.25) is 4.79 Å². The second-order valence-corrected chi connectivity index (χ2v) is 9.34. The Kier molecular flexibility index (Phi) is 6.95. The minimum Gasteiger partial charge on any atom is -0.338 e. The molecule has 3 aromatic rings. The van der Waals surface area contributed by atoms with Crippen LogP contribution in [0.15, 0.2) is 78.0 Å². The first-order valence-electron chi connectivity index (χ1n) is 10.6. The number of amides is 1. The van der Waals surface area contributed by atoms with Gasteiger partial charge in [-0.1, -0.05) is 42.5 Å². The zero-order valence-electron chi connectivity index (χ0n) is 17.8. The number of aromatic nitrogens is 2. The van der Waals surface area contributed by atoms with Crippen LogP contribution in [0.25, 0.3) is 0 Å². The monoisotopic (exact) mass is 469 g/mol. The topological polar surface area (TPSA) is 95.5 Å². The maximum absolute atomic E-state index is 14.2. The van der Waals surface area contributed by atoms with Crippen LogP contribution in [0.3, 0.4) is 0 Å². The number of hydrogen-bond acceptors (Lipinski definition) is 6. The Hall–Kier alpha value is -3.37. The van der Waals surface area contributed by atoms with E-state index in [9.17, 15) is 17.6 Å². The minimum atomic E-state index is -4.25. The molecule has 172 valence electrons. The molecule has 10 heteroatoms. The van der Waals surface area contributed by atoms with Crippen LogP contribution in [0.1, 0.15) is 5.56 Å². The molecule has 8 nitrogen and oxygen atoms in total. The van der Waals surface area contributed by atoms with Gasteiger partial charge in [0, 0.05) is 38.6 Å². The number of piperazine rings is 1. The SMILES string of the molecule is O=C([C@H](Cc1ccccc1)NS(=O)(=O)c1ccccc1F)N1CCN(c2ncccn2)CC1. The summed E-state index contributed by atoms with van der Waals surface area (Å²) in [6.45, 7) is 1.83. The van der Waals surface area contributed by atoms with Crippen molar-refractivity contribution in [2.75, 3.05) is 31.1 Å². The fourth-order valence-electron chi connectivity index (χ4n) is 3.74. The molecule has 1 saturated heterocycles. The molecule has 0 unspecified atom stereocenters. The number of sulfonamides is 1. The summed E-state index contributed by atoms with van der Waals surface area (Å²) in [4.78, 5) is 25.0. The van der Waals surface area contributed by atoms with E-state index >= 15 is 0 Å². The highest BCUT2D eigenvalue weighted by Gasteiger charge is 2.32. The molecule has 1 N–H and O–H groups in total. The van der Waals surface area contributed by atoms with Gasteiger partial charge in [0.05, 0.1) is 0 Å². The maximum Gasteiger partial charge on any atom is 0.244 e. The van der Waals surface area contributed by atoms with E-state index in [1.54, 1.807) is 23.4 Å². The van der Waals surface area contributed by atoms with Crippen LogP contribution in [0.2, 0.25) is 0 Å². The average molecular weight is 470 g/mol. The van der Waals surface area contributed by atoms with Gasteiger partial charge in [0.2, 0.25) is 21.9 Å². The summed E-state index contributed by atoms with van der Waals surface area (Å²) in [5.74, 6) is -0.634. The number of carbonyl (C=O) groups excluding carboxylic acids is 1. The van der Waals surface area contributed by atoms with Crippen molar-refractivity contribution in [3.05, 3.63) is 84.4 Å². The summed E-state index contributed by atoms with van der Waals surface area (Å²) < 4.78 is 42.5. The highest BCUT2D eigenvalue weighted by atomic mass is 32.2. The van der Waals surface area contributed by atoms with Crippen molar-refractivity contribution in [3.63, 3.8) is 0 Å². The molecule has 2 heterocycles. The third-order valence-corrected chi connectivity index (χ3v) is 6.94. The average Bonchev–Trinajstić information content (AvgIpc) is 2.84. The molecular formula is C23H24FN5O3S. The quantitative estimate of drug-likeness (QED) is 0.568. The molecule has 1 aliphatic rings. The Morgan fingerprint density at radius 1 is 0.939 bits per heavy atom. The molecule has 1 aliphatic heterocycles. The first-order chi connectivity index (χ1) is 15.9. The largest absolute Gasteiger partial charge is 0.338 e. The zero-order valence-corrected chi connectivity index (χ0v) is 18.7. The lowest BCUT2D eigenvalue weighted by Gasteiger charge is -2.36. The van der Waals surface area contributed by atoms with Crippen LogP contribution in [-0.4, -0.2) is 61.4 Å². The summed E-state index contributed by atoms with van der Waals surface area (Å²) in [6.07, 6.45) is 3.47. The van der Waals surface area contributed by atoms with Gasteiger partial charge in [0.1, 0.15) is 16.8 Å². The predicted molar refractivity (Wildman–Crippen MR) is 121 cm³/mol. The summed E-state index contributed by atoms with van der Waals surface area (Å²) >= 11 is 0.